The highest BCUT2D eigenvalue weighted by atomic mass is 16.2. The van der Waals surface area contributed by atoms with Crippen molar-refractivity contribution in [2.45, 2.75) is 53.1 Å². The molecule has 0 saturated heterocycles. The predicted molar refractivity (Wildman–Crippen MR) is 77.1 cm³/mol. The second-order valence-corrected chi connectivity index (χ2v) is 5.42. The molecule has 0 radical (unpaired) electrons. The average molecular weight is 266 g/mol. The number of amides is 1. The Labute approximate surface area is 115 Å². The van der Waals surface area contributed by atoms with Gasteiger partial charge < -0.3 is 10.6 Å². The van der Waals surface area contributed by atoms with Crippen molar-refractivity contribution in [3.8, 4) is 0 Å². The van der Waals surface area contributed by atoms with Gasteiger partial charge in [0.1, 0.15) is 0 Å². The van der Waals surface area contributed by atoms with Gasteiger partial charge in [-0.25, -0.2) is 0 Å². The maximum Gasteiger partial charge on any atom is 0.239 e. The van der Waals surface area contributed by atoms with E-state index in [1.54, 1.807) is 0 Å². The van der Waals surface area contributed by atoms with E-state index in [0.717, 1.165) is 30.9 Å². The number of nitrogens with one attached hydrogen (secondary N) is 2. The molecule has 0 aliphatic heterocycles. The minimum absolute atomic E-state index is 0.0442. The Kier molecular flexibility index (Phi) is 5.54. The first-order valence-corrected chi connectivity index (χ1v) is 6.91. The van der Waals surface area contributed by atoms with Crippen LogP contribution in [0.5, 0.6) is 0 Å². The summed E-state index contributed by atoms with van der Waals surface area (Å²) in [6.07, 6.45) is 0.885. The van der Waals surface area contributed by atoms with Crippen LogP contribution < -0.4 is 10.6 Å². The van der Waals surface area contributed by atoms with E-state index in [1.165, 1.54) is 0 Å². The molecule has 0 aliphatic rings. The van der Waals surface area contributed by atoms with Gasteiger partial charge in [0.15, 0.2) is 0 Å². The van der Waals surface area contributed by atoms with Crippen LogP contribution in [0.25, 0.3) is 0 Å². The van der Waals surface area contributed by atoms with E-state index >= 15 is 0 Å². The van der Waals surface area contributed by atoms with Gasteiger partial charge in [0.25, 0.3) is 0 Å². The van der Waals surface area contributed by atoms with Gasteiger partial charge in [-0.15, -0.1) is 0 Å². The van der Waals surface area contributed by atoms with Crippen molar-refractivity contribution in [1.82, 2.24) is 20.4 Å². The topological polar surface area (TPSA) is 59.0 Å². The van der Waals surface area contributed by atoms with Gasteiger partial charge >= 0.3 is 0 Å². The Morgan fingerprint density at radius 1 is 1.42 bits per heavy atom. The fourth-order valence-corrected chi connectivity index (χ4v) is 2.08. The average Bonchev–Trinajstić information content (AvgIpc) is 2.63. The zero-order valence-corrected chi connectivity index (χ0v) is 12.7. The van der Waals surface area contributed by atoms with Crippen LogP contribution in [-0.2, 0) is 11.3 Å². The number of carbonyl (C=O) groups is 1. The Morgan fingerprint density at radius 2 is 2.11 bits per heavy atom. The molecule has 0 saturated carbocycles. The lowest BCUT2D eigenvalue weighted by molar-refractivity contribution is -0.126. The summed E-state index contributed by atoms with van der Waals surface area (Å²) in [5, 5.41) is 10.5. The van der Waals surface area contributed by atoms with Gasteiger partial charge in [0.05, 0.1) is 11.2 Å². The zero-order chi connectivity index (χ0) is 14.5. The standard InChI is InChI=1S/C14H26N4O/c1-6-16-14(4,5)13(19)15-8-7-9-18-12(3)10-11(2)17-18/h10,16H,6-9H2,1-5H3,(H,15,19). The smallest absolute Gasteiger partial charge is 0.239 e. The summed E-state index contributed by atoms with van der Waals surface area (Å²) >= 11 is 0. The van der Waals surface area contributed by atoms with Crippen molar-refractivity contribution in [2.75, 3.05) is 13.1 Å². The van der Waals surface area contributed by atoms with Gasteiger partial charge in [0, 0.05) is 18.8 Å². The summed E-state index contributed by atoms with van der Waals surface area (Å²) in [4.78, 5) is 11.9. The Morgan fingerprint density at radius 3 is 2.63 bits per heavy atom. The van der Waals surface area contributed by atoms with Crippen LogP contribution in [0.1, 0.15) is 38.6 Å². The van der Waals surface area contributed by atoms with E-state index < -0.39 is 5.54 Å². The first-order valence-electron chi connectivity index (χ1n) is 6.91. The lowest BCUT2D eigenvalue weighted by Gasteiger charge is -2.24. The van der Waals surface area contributed by atoms with Crippen LogP contribution >= 0.6 is 0 Å². The molecule has 2 N–H and O–H groups in total. The summed E-state index contributed by atoms with van der Waals surface area (Å²) in [5.74, 6) is 0.0442. The third-order valence-electron chi connectivity index (χ3n) is 3.12. The second-order valence-electron chi connectivity index (χ2n) is 5.42. The molecular weight excluding hydrogens is 240 g/mol. The maximum absolute atomic E-state index is 11.9. The predicted octanol–water partition coefficient (Wildman–Crippen LogP) is 1.39. The molecule has 1 heterocycles. The number of likely N-dealkylation sites (N-methyl/N-ethyl adjacent to an activating group) is 1. The van der Waals surface area contributed by atoms with E-state index in [-0.39, 0.29) is 5.91 Å². The molecule has 0 atom stereocenters. The number of aryl methyl sites for hydroxylation is 3. The number of nitrogens with zero attached hydrogens (tertiary/aromatic N) is 2. The summed E-state index contributed by atoms with van der Waals surface area (Å²) in [6, 6.07) is 2.06. The van der Waals surface area contributed by atoms with Crippen molar-refractivity contribution < 1.29 is 4.79 Å². The molecule has 0 bridgehead atoms. The molecular formula is C14H26N4O. The number of hydrogen-bond donors (Lipinski definition) is 2. The molecule has 5 nitrogen and oxygen atoms in total. The molecule has 1 amide bonds. The molecule has 1 rings (SSSR count). The highest BCUT2D eigenvalue weighted by molar-refractivity contribution is 5.85. The molecule has 0 unspecified atom stereocenters. The molecule has 0 aliphatic carbocycles. The van der Waals surface area contributed by atoms with Crippen molar-refractivity contribution in [2.24, 2.45) is 0 Å². The number of carbonyl (C=O) groups excluding carboxylic acids is 1. The molecule has 0 aromatic carbocycles. The molecule has 108 valence electrons. The second kappa shape index (κ2) is 6.70. The summed E-state index contributed by atoms with van der Waals surface area (Å²) in [5.41, 5.74) is 1.69. The largest absolute Gasteiger partial charge is 0.354 e. The molecule has 19 heavy (non-hydrogen) atoms. The normalized spacial score (nSPS) is 11.6. The van der Waals surface area contributed by atoms with E-state index in [2.05, 4.69) is 21.8 Å². The van der Waals surface area contributed by atoms with Crippen molar-refractivity contribution in [1.29, 1.82) is 0 Å². The lowest BCUT2D eigenvalue weighted by Crippen LogP contribution is -2.52. The first kappa shape index (κ1) is 15.7. The van der Waals surface area contributed by atoms with Gasteiger partial charge in [-0.3, -0.25) is 9.48 Å². The Hall–Kier alpha value is -1.36. The van der Waals surface area contributed by atoms with Crippen LogP contribution in [0.15, 0.2) is 6.07 Å². The van der Waals surface area contributed by atoms with E-state index in [1.807, 2.05) is 39.3 Å². The van der Waals surface area contributed by atoms with Gasteiger partial charge in [-0.1, -0.05) is 6.92 Å². The van der Waals surface area contributed by atoms with Gasteiger partial charge in [-0.05, 0) is 46.7 Å². The van der Waals surface area contributed by atoms with E-state index in [9.17, 15) is 4.79 Å². The molecule has 5 heteroatoms. The monoisotopic (exact) mass is 266 g/mol. The minimum Gasteiger partial charge on any atom is -0.354 e. The molecule has 1 aromatic heterocycles. The first-order chi connectivity index (χ1) is 8.86. The highest BCUT2D eigenvalue weighted by Gasteiger charge is 2.25. The van der Waals surface area contributed by atoms with Crippen LogP contribution in [0, 0.1) is 13.8 Å². The summed E-state index contributed by atoms with van der Waals surface area (Å²) < 4.78 is 1.98. The number of hydrogen-bond acceptors (Lipinski definition) is 3. The molecule has 1 aromatic rings. The molecule has 0 fully saturated rings. The number of aromatic nitrogens is 2. The van der Waals surface area contributed by atoms with Crippen LogP contribution in [0.4, 0.5) is 0 Å². The SMILES string of the molecule is CCNC(C)(C)C(=O)NCCCn1nc(C)cc1C. The third-order valence-corrected chi connectivity index (χ3v) is 3.12. The van der Waals surface area contributed by atoms with Crippen molar-refractivity contribution in [3.63, 3.8) is 0 Å². The number of rotatable bonds is 7. The van der Waals surface area contributed by atoms with Crippen LogP contribution in [0.3, 0.4) is 0 Å². The Bertz CT molecular complexity index is 423. The summed E-state index contributed by atoms with van der Waals surface area (Å²) in [7, 11) is 0. The summed E-state index contributed by atoms with van der Waals surface area (Å²) in [6.45, 7) is 12.1. The molecule has 0 spiro atoms. The third kappa shape index (κ3) is 4.67. The Balaban J connectivity index is 2.31. The zero-order valence-electron chi connectivity index (χ0n) is 12.7. The van der Waals surface area contributed by atoms with Gasteiger partial charge in [-0.2, -0.15) is 5.10 Å². The maximum atomic E-state index is 11.9. The van der Waals surface area contributed by atoms with E-state index in [0.29, 0.717) is 6.54 Å². The van der Waals surface area contributed by atoms with Crippen molar-refractivity contribution in [3.05, 3.63) is 17.5 Å². The van der Waals surface area contributed by atoms with Crippen LogP contribution in [-0.4, -0.2) is 34.3 Å². The van der Waals surface area contributed by atoms with Crippen molar-refractivity contribution >= 4 is 5.91 Å². The quantitative estimate of drug-likeness (QED) is 0.733. The fraction of sp³-hybridized carbons (Fsp3) is 0.714. The van der Waals surface area contributed by atoms with E-state index in [4.69, 9.17) is 0 Å². The lowest BCUT2D eigenvalue weighted by atomic mass is 10.0. The minimum atomic E-state index is -0.507. The van der Waals surface area contributed by atoms with Crippen LogP contribution in [0.2, 0.25) is 0 Å². The fourth-order valence-electron chi connectivity index (χ4n) is 2.08. The highest BCUT2D eigenvalue weighted by Crippen LogP contribution is 2.03. The van der Waals surface area contributed by atoms with Gasteiger partial charge in [0.2, 0.25) is 5.91 Å².